The average molecular weight is 318 g/mol. The second-order valence-electron chi connectivity index (χ2n) is 5.71. The van der Waals surface area contributed by atoms with Crippen LogP contribution in [0.1, 0.15) is 34.9 Å². The molecule has 0 saturated carbocycles. The first-order valence-corrected chi connectivity index (χ1v) is 8.44. The second-order valence-corrected chi connectivity index (χ2v) is 6.65. The van der Waals surface area contributed by atoms with Gasteiger partial charge < -0.3 is 4.90 Å². The minimum atomic E-state index is -0.165. The lowest BCUT2D eigenvalue weighted by Crippen LogP contribution is -2.28. The van der Waals surface area contributed by atoms with Gasteiger partial charge in [0.05, 0.1) is 11.2 Å². The third-order valence-corrected chi connectivity index (χ3v) is 5.29. The van der Waals surface area contributed by atoms with Crippen molar-refractivity contribution in [3.8, 4) is 0 Å². The molecule has 0 radical (unpaired) electrons. The fraction of sp³-hybridized carbons (Fsp3) is 0.412. The molecule has 1 aromatic carbocycles. The Morgan fingerprint density at radius 3 is 3.00 bits per heavy atom. The maximum absolute atomic E-state index is 13.8. The van der Waals surface area contributed by atoms with Gasteiger partial charge in [-0.05, 0) is 31.4 Å². The van der Waals surface area contributed by atoms with Gasteiger partial charge in [0.2, 0.25) is 5.91 Å². The van der Waals surface area contributed by atoms with Crippen molar-refractivity contribution in [1.82, 2.24) is 9.88 Å². The Morgan fingerprint density at radius 1 is 1.45 bits per heavy atom. The van der Waals surface area contributed by atoms with E-state index in [2.05, 4.69) is 4.98 Å². The summed E-state index contributed by atoms with van der Waals surface area (Å²) < 4.78 is 13.8. The fourth-order valence-electron chi connectivity index (χ4n) is 2.99. The molecule has 2 aromatic rings. The Hall–Kier alpha value is -1.75. The Kier molecular flexibility index (Phi) is 4.52. The summed E-state index contributed by atoms with van der Waals surface area (Å²) >= 11 is 1.60. The molecule has 22 heavy (non-hydrogen) atoms. The molecule has 1 atom stereocenters. The van der Waals surface area contributed by atoms with Gasteiger partial charge in [0.15, 0.2) is 0 Å². The van der Waals surface area contributed by atoms with Crippen LogP contribution in [0.2, 0.25) is 0 Å². The van der Waals surface area contributed by atoms with Crippen molar-refractivity contribution in [2.45, 2.75) is 32.1 Å². The molecule has 1 aromatic heterocycles. The quantitative estimate of drug-likeness (QED) is 0.864. The van der Waals surface area contributed by atoms with Crippen LogP contribution in [0.4, 0.5) is 4.39 Å². The number of hydrogen-bond donors (Lipinski definition) is 0. The summed E-state index contributed by atoms with van der Waals surface area (Å²) in [5, 5.41) is 0. The molecule has 2 heterocycles. The van der Waals surface area contributed by atoms with Crippen LogP contribution < -0.4 is 0 Å². The SMILES string of the molecule is Cc1ncsc1CCC(=O)N1CC[C@H](c2ccccc2F)C1. The minimum Gasteiger partial charge on any atom is -0.342 e. The van der Waals surface area contributed by atoms with E-state index in [1.165, 1.54) is 10.9 Å². The molecule has 1 aliphatic heterocycles. The van der Waals surface area contributed by atoms with Crippen LogP contribution in [-0.2, 0) is 11.2 Å². The molecule has 0 spiro atoms. The summed E-state index contributed by atoms with van der Waals surface area (Å²) in [4.78, 5) is 19.6. The molecule has 1 fully saturated rings. The van der Waals surface area contributed by atoms with Crippen LogP contribution in [-0.4, -0.2) is 28.9 Å². The Bertz CT molecular complexity index is 670. The number of nitrogens with zero attached hydrogens (tertiary/aromatic N) is 2. The van der Waals surface area contributed by atoms with Crippen molar-refractivity contribution >= 4 is 17.2 Å². The van der Waals surface area contributed by atoms with Crippen LogP contribution in [0.25, 0.3) is 0 Å². The van der Waals surface area contributed by atoms with Crippen molar-refractivity contribution < 1.29 is 9.18 Å². The lowest BCUT2D eigenvalue weighted by molar-refractivity contribution is -0.130. The molecule has 3 nitrogen and oxygen atoms in total. The van der Waals surface area contributed by atoms with E-state index in [4.69, 9.17) is 0 Å². The number of likely N-dealkylation sites (tertiary alicyclic amines) is 1. The van der Waals surface area contributed by atoms with E-state index in [1.807, 2.05) is 29.5 Å². The fourth-order valence-corrected chi connectivity index (χ4v) is 3.77. The summed E-state index contributed by atoms with van der Waals surface area (Å²) in [5.74, 6) is 0.115. The van der Waals surface area contributed by atoms with E-state index in [0.29, 0.717) is 13.0 Å². The van der Waals surface area contributed by atoms with Gasteiger partial charge >= 0.3 is 0 Å². The van der Waals surface area contributed by atoms with Crippen molar-refractivity contribution in [2.75, 3.05) is 13.1 Å². The molecule has 5 heteroatoms. The number of amides is 1. The van der Waals surface area contributed by atoms with E-state index >= 15 is 0 Å². The van der Waals surface area contributed by atoms with Crippen LogP contribution in [0.5, 0.6) is 0 Å². The number of rotatable bonds is 4. The lowest BCUT2D eigenvalue weighted by Gasteiger charge is -2.17. The minimum absolute atomic E-state index is 0.121. The Labute approximate surface area is 133 Å². The number of halogens is 1. The van der Waals surface area contributed by atoms with Crippen LogP contribution >= 0.6 is 11.3 Å². The highest BCUT2D eigenvalue weighted by atomic mass is 32.1. The van der Waals surface area contributed by atoms with Crippen molar-refractivity contribution in [1.29, 1.82) is 0 Å². The molecule has 1 amide bonds. The van der Waals surface area contributed by atoms with Crippen LogP contribution in [0, 0.1) is 12.7 Å². The average Bonchev–Trinajstić information content (AvgIpc) is 3.14. The first-order chi connectivity index (χ1) is 10.6. The van der Waals surface area contributed by atoms with Gasteiger partial charge in [-0.15, -0.1) is 11.3 Å². The molecular formula is C17H19FN2OS. The molecule has 1 saturated heterocycles. The van der Waals surface area contributed by atoms with E-state index < -0.39 is 0 Å². The van der Waals surface area contributed by atoms with Crippen molar-refractivity contribution in [3.63, 3.8) is 0 Å². The van der Waals surface area contributed by atoms with Crippen molar-refractivity contribution in [2.24, 2.45) is 0 Å². The third-order valence-electron chi connectivity index (χ3n) is 4.30. The predicted octanol–water partition coefficient (Wildman–Crippen LogP) is 3.54. The zero-order chi connectivity index (χ0) is 15.5. The standard InChI is InChI=1S/C17H19FN2OS/c1-12-16(22-11-19-12)6-7-17(21)20-9-8-13(10-20)14-4-2-3-5-15(14)18/h2-5,11,13H,6-10H2,1H3/t13-/m0/s1. The number of benzene rings is 1. The number of aryl methyl sites for hydroxylation is 2. The predicted molar refractivity (Wildman–Crippen MR) is 85.5 cm³/mol. The second kappa shape index (κ2) is 6.57. The van der Waals surface area contributed by atoms with Gasteiger partial charge in [0, 0.05) is 30.3 Å². The topological polar surface area (TPSA) is 33.2 Å². The van der Waals surface area contributed by atoms with Gasteiger partial charge in [-0.25, -0.2) is 9.37 Å². The van der Waals surface area contributed by atoms with E-state index in [1.54, 1.807) is 17.4 Å². The van der Waals surface area contributed by atoms with Crippen LogP contribution in [0.15, 0.2) is 29.8 Å². The summed E-state index contributed by atoms with van der Waals surface area (Å²) in [7, 11) is 0. The molecule has 116 valence electrons. The third kappa shape index (κ3) is 3.19. The maximum Gasteiger partial charge on any atom is 0.222 e. The summed E-state index contributed by atoms with van der Waals surface area (Å²) in [6.45, 7) is 3.32. The Balaban J connectivity index is 1.57. The largest absolute Gasteiger partial charge is 0.342 e. The molecular weight excluding hydrogens is 299 g/mol. The summed E-state index contributed by atoms with van der Waals surface area (Å²) in [6, 6.07) is 6.88. The highest BCUT2D eigenvalue weighted by Gasteiger charge is 2.28. The van der Waals surface area contributed by atoms with E-state index in [-0.39, 0.29) is 17.6 Å². The molecule has 0 aliphatic carbocycles. The lowest BCUT2D eigenvalue weighted by atomic mass is 9.98. The summed E-state index contributed by atoms with van der Waals surface area (Å²) in [5.41, 5.74) is 3.57. The highest BCUT2D eigenvalue weighted by Crippen LogP contribution is 2.29. The number of hydrogen-bond acceptors (Lipinski definition) is 3. The first kappa shape index (κ1) is 15.2. The van der Waals surface area contributed by atoms with Gasteiger partial charge in [-0.3, -0.25) is 4.79 Å². The molecule has 0 unspecified atom stereocenters. The molecule has 0 N–H and O–H groups in total. The molecule has 3 rings (SSSR count). The molecule has 0 bridgehead atoms. The number of aromatic nitrogens is 1. The first-order valence-electron chi connectivity index (χ1n) is 7.56. The monoisotopic (exact) mass is 318 g/mol. The maximum atomic E-state index is 13.8. The van der Waals surface area contributed by atoms with E-state index in [9.17, 15) is 9.18 Å². The van der Waals surface area contributed by atoms with Crippen molar-refractivity contribution in [3.05, 3.63) is 51.7 Å². The van der Waals surface area contributed by atoms with Gasteiger partial charge in [0.25, 0.3) is 0 Å². The van der Waals surface area contributed by atoms with Gasteiger partial charge in [-0.2, -0.15) is 0 Å². The zero-order valence-electron chi connectivity index (χ0n) is 12.6. The van der Waals surface area contributed by atoms with Gasteiger partial charge in [-0.1, -0.05) is 18.2 Å². The smallest absolute Gasteiger partial charge is 0.222 e. The normalized spacial score (nSPS) is 17.9. The molecule has 1 aliphatic rings. The van der Waals surface area contributed by atoms with Gasteiger partial charge in [0.1, 0.15) is 5.82 Å². The Morgan fingerprint density at radius 2 is 2.27 bits per heavy atom. The van der Waals surface area contributed by atoms with Crippen LogP contribution in [0.3, 0.4) is 0 Å². The number of carbonyl (C=O) groups is 1. The number of thiazole rings is 1. The van der Waals surface area contributed by atoms with E-state index in [0.717, 1.165) is 30.6 Å². The highest BCUT2D eigenvalue weighted by molar-refractivity contribution is 7.09. The zero-order valence-corrected chi connectivity index (χ0v) is 13.4. The number of carbonyl (C=O) groups excluding carboxylic acids is 1. The summed E-state index contributed by atoms with van der Waals surface area (Å²) in [6.07, 6.45) is 2.09.